The number of nitrogens with zero attached hydrogens (tertiary/aromatic N) is 1. The lowest BCUT2D eigenvalue weighted by Gasteiger charge is -2.41. The van der Waals surface area contributed by atoms with Crippen LogP contribution in [0.1, 0.15) is 85.5 Å². The highest BCUT2D eigenvalue weighted by molar-refractivity contribution is 5.67. The van der Waals surface area contributed by atoms with E-state index < -0.39 is 11.9 Å². The molecule has 0 aromatic carbocycles. The van der Waals surface area contributed by atoms with Crippen molar-refractivity contribution in [1.29, 1.82) is 0 Å². The number of aliphatic hydroxyl groups excluding tert-OH is 1. The fraction of sp³-hybridized carbons (Fsp3) is 0.857. The van der Waals surface area contributed by atoms with Crippen LogP contribution in [-0.2, 0) is 4.79 Å². The van der Waals surface area contributed by atoms with Crippen molar-refractivity contribution in [2.45, 2.75) is 85.5 Å². The first-order valence-corrected chi connectivity index (χ1v) is 10.4. The molecule has 1 N–H and O–H groups in total. The Hall–Kier alpha value is -1.03. The van der Waals surface area contributed by atoms with E-state index in [0.717, 1.165) is 51.6 Å². The Morgan fingerprint density at radius 1 is 1.00 bits per heavy atom. The Labute approximate surface area is 155 Å². The van der Waals surface area contributed by atoms with Gasteiger partial charge in [-0.3, -0.25) is 0 Å². The summed E-state index contributed by atoms with van der Waals surface area (Å²) in [6.45, 7) is 11.4. The molecule has 4 heteroatoms. The van der Waals surface area contributed by atoms with Crippen LogP contribution in [0.4, 0.5) is 0 Å². The van der Waals surface area contributed by atoms with E-state index in [4.69, 9.17) is 0 Å². The Kier molecular flexibility index (Phi) is 13.6. The molecule has 4 nitrogen and oxygen atoms in total. The van der Waals surface area contributed by atoms with Crippen LogP contribution in [0.15, 0.2) is 11.8 Å². The summed E-state index contributed by atoms with van der Waals surface area (Å²) in [6.07, 6.45) is 11.1. The highest BCUT2D eigenvalue weighted by Crippen LogP contribution is 2.20. The fourth-order valence-electron chi connectivity index (χ4n) is 3.41. The van der Waals surface area contributed by atoms with E-state index in [1.807, 2.05) is 13.0 Å². The molecule has 1 unspecified atom stereocenters. The maximum atomic E-state index is 11.5. The lowest BCUT2D eigenvalue weighted by molar-refractivity contribution is -0.927. The zero-order chi connectivity index (χ0) is 19.1. The van der Waals surface area contributed by atoms with Crippen molar-refractivity contribution < 1.29 is 19.5 Å². The van der Waals surface area contributed by atoms with Crippen LogP contribution in [0.3, 0.4) is 0 Å². The number of quaternary nitrogens is 1. The average Bonchev–Trinajstić information content (AvgIpc) is 2.59. The molecule has 0 heterocycles. The van der Waals surface area contributed by atoms with Gasteiger partial charge in [0, 0.05) is 5.92 Å². The summed E-state index contributed by atoms with van der Waals surface area (Å²) in [5.41, 5.74) is 0. The summed E-state index contributed by atoms with van der Waals surface area (Å²) in [6, 6.07) is 0. The molecule has 0 aliphatic carbocycles. The summed E-state index contributed by atoms with van der Waals surface area (Å²) in [5.74, 6) is -0.970. The topological polar surface area (TPSA) is 60.4 Å². The second-order valence-corrected chi connectivity index (χ2v) is 7.45. The molecule has 0 radical (unpaired) electrons. The normalized spacial score (nSPS) is 13.8. The molecule has 0 aromatic heterocycles. The number of aliphatic carboxylic acids is 1. The summed E-state index contributed by atoms with van der Waals surface area (Å²) >= 11 is 0. The molecule has 0 bridgehead atoms. The van der Waals surface area contributed by atoms with E-state index in [2.05, 4.69) is 20.8 Å². The quantitative estimate of drug-likeness (QED) is 0.256. The van der Waals surface area contributed by atoms with Gasteiger partial charge in [0.2, 0.25) is 0 Å². The predicted molar refractivity (Wildman–Crippen MR) is 103 cm³/mol. The second kappa shape index (κ2) is 14.2. The molecule has 25 heavy (non-hydrogen) atoms. The van der Waals surface area contributed by atoms with Gasteiger partial charge in [-0.2, -0.15) is 0 Å². The van der Waals surface area contributed by atoms with E-state index in [1.54, 1.807) is 0 Å². The van der Waals surface area contributed by atoms with E-state index in [1.165, 1.54) is 12.8 Å². The summed E-state index contributed by atoms with van der Waals surface area (Å²) in [4.78, 5) is 11.5. The van der Waals surface area contributed by atoms with Gasteiger partial charge in [-0.15, -0.1) is 0 Å². The average molecular weight is 356 g/mol. The number of carboxylic acids is 1. The molecule has 0 rings (SSSR count). The van der Waals surface area contributed by atoms with Gasteiger partial charge in [-0.1, -0.05) is 53.4 Å². The number of carbonyl (C=O) groups is 1. The molecule has 1 atom stereocenters. The van der Waals surface area contributed by atoms with Crippen molar-refractivity contribution in [3.05, 3.63) is 11.8 Å². The number of aliphatic hydroxyl groups is 1. The molecular weight excluding hydrogens is 314 g/mol. The first-order chi connectivity index (χ1) is 11.9. The lowest BCUT2D eigenvalue weighted by atomic mass is 10.0. The predicted octanol–water partition coefficient (Wildman–Crippen LogP) is 4.20. The first kappa shape index (κ1) is 24.0. The maximum absolute atomic E-state index is 11.5. The van der Waals surface area contributed by atoms with E-state index >= 15 is 0 Å². The van der Waals surface area contributed by atoms with Gasteiger partial charge in [0.25, 0.3) is 0 Å². The molecule has 0 aromatic rings. The largest absolute Gasteiger partial charge is 0.550 e. The van der Waals surface area contributed by atoms with Crippen molar-refractivity contribution in [1.82, 2.24) is 0 Å². The zero-order valence-corrected chi connectivity index (χ0v) is 17.1. The number of carboxylic acid groups (broad SMARTS) is 1. The van der Waals surface area contributed by atoms with Crippen molar-refractivity contribution >= 4 is 5.97 Å². The minimum absolute atomic E-state index is 0.427. The van der Waals surface area contributed by atoms with Crippen molar-refractivity contribution in [3.8, 4) is 0 Å². The van der Waals surface area contributed by atoms with Crippen molar-refractivity contribution in [3.63, 3.8) is 0 Å². The highest BCUT2D eigenvalue weighted by atomic mass is 16.4. The molecule has 0 fully saturated rings. The summed E-state index contributed by atoms with van der Waals surface area (Å²) in [5, 5.41) is 22.0. The number of hydrogen-bond donors (Lipinski definition) is 1. The third-order valence-electron chi connectivity index (χ3n) is 5.09. The number of hydrogen-bond acceptors (Lipinski definition) is 3. The number of unbranched alkanes of at least 4 members (excludes halogenated alkanes) is 5. The molecule has 0 amide bonds. The molecule has 0 saturated carbocycles. The van der Waals surface area contributed by atoms with Gasteiger partial charge in [0.15, 0.2) is 0 Å². The molecule has 0 spiro atoms. The van der Waals surface area contributed by atoms with Crippen LogP contribution in [0.2, 0.25) is 0 Å². The van der Waals surface area contributed by atoms with Crippen LogP contribution in [0.25, 0.3) is 0 Å². The zero-order valence-electron chi connectivity index (χ0n) is 17.1. The standard InChI is InChI=1S/C21H41NO3/c1-5-9-12-13-14-20(23)18-22(15-10-6-2,16-11-7-3)17-19(8-4)21(24)25/h14,19H,5-13,15-18H2,1-4H3,(H-,23,24,25)/b20-14-. The Morgan fingerprint density at radius 3 is 2.00 bits per heavy atom. The van der Waals surface area contributed by atoms with Crippen LogP contribution in [0.5, 0.6) is 0 Å². The highest BCUT2D eigenvalue weighted by Gasteiger charge is 2.31. The third-order valence-corrected chi connectivity index (χ3v) is 5.09. The van der Waals surface area contributed by atoms with Crippen molar-refractivity contribution in [2.75, 3.05) is 26.2 Å². The van der Waals surface area contributed by atoms with Gasteiger partial charge in [-0.05, 0) is 38.2 Å². The summed E-state index contributed by atoms with van der Waals surface area (Å²) in [7, 11) is 0. The monoisotopic (exact) mass is 355 g/mol. The fourth-order valence-corrected chi connectivity index (χ4v) is 3.41. The molecule has 148 valence electrons. The maximum Gasteiger partial charge on any atom is 0.143 e. The number of carbonyl (C=O) groups excluding carboxylic acids is 1. The van der Waals surface area contributed by atoms with E-state index in [0.29, 0.717) is 29.8 Å². The Bertz CT molecular complexity index is 371. The van der Waals surface area contributed by atoms with Gasteiger partial charge in [0.05, 0.1) is 25.6 Å². The smallest absolute Gasteiger partial charge is 0.143 e. The molecule has 0 saturated heterocycles. The van der Waals surface area contributed by atoms with Crippen LogP contribution < -0.4 is 5.11 Å². The van der Waals surface area contributed by atoms with Crippen LogP contribution in [0, 0.1) is 5.92 Å². The van der Waals surface area contributed by atoms with Crippen molar-refractivity contribution in [2.24, 2.45) is 5.92 Å². The SMILES string of the molecule is CCCCC/C=C(\O)C[N+](CCCC)(CCCC)CC(CC)C(=O)[O-]. The number of allylic oxidation sites excluding steroid dienone is 1. The molecule has 0 aliphatic rings. The first-order valence-electron chi connectivity index (χ1n) is 10.4. The van der Waals surface area contributed by atoms with Gasteiger partial charge in [0.1, 0.15) is 12.3 Å². The second-order valence-electron chi connectivity index (χ2n) is 7.45. The van der Waals surface area contributed by atoms with Gasteiger partial charge in [-0.25, -0.2) is 0 Å². The van der Waals surface area contributed by atoms with Gasteiger partial charge < -0.3 is 19.5 Å². The molecule has 0 aliphatic heterocycles. The van der Waals surface area contributed by atoms with E-state index in [-0.39, 0.29) is 0 Å². The lowest BCUT2D eigenvalue weighted by Crippen LogP contribution is -2.55. The Balaban J connectivity index is 5.23. The van der Waals surface area contributed by atoms with Crippen LogP contribution >= 0.6 is 0 Å². The number of rotatable bonds is 16. The minimum Gasteiger partial charge on any atom is -0.550 e. The van der Waals surface area contributed by atoms with Crippen LogP contribution in [-0.4, -0.2) is 41.7 Å². The van der Waals surface area contributed by atoms with E-state index in [9.17, 15) is 15.0 Å². The van der Waals surface area contributed by atoms with Gasteiger partial charge >= 0.3 is 0 Å². The summed E-state index contributed by atoms with van der Waals surface area (Å²) < 4.78 is 0.671. The molecular formula is C21H41NO3. The Morgan fingerprint density at radius 2 is 1.56 bits per heavy atom. The third kappa shape index (κ3) is 10.5. The minimum atomic E-state index is -0.954.